The first kappa shape index (κ1) is 5.92. The van der Waals surface area contributed by atoms with Crippen LogP contribution in [0.2, 0.25) is 0 Å². The molecule has 0 heterocycles. The molecular weight excluding hydrogens is 78.0 g/mol. The Balaban J connectivity index is 3.17. The van der Waals surface area contributed by atoms with E-state index in [-0.39, 0.29) is 0 Å². The maximum atomic E-state index is 10.2. The van der Waals surface area contributed by atoms with E-state index in [9.17, 15) is 5.11 Å². The largest absolute Gasteiger partial charge is 0.290 e. The van der Waals surface area contributed by atoms with Gasteiger partial charge in [-0.3, -0.25) is 5.32 Å². The zero-order chi connectivity index (χ0) is 5.21. The van der Waals surface area contributed by atoms with Gasteiger partial charge >= 0.3 is 0 Å². The molecule has 0 aromatic carbocycles. The topological polar surface area (TPSA) is 31.9 Å². The Kier molecular flexibility index (Phi) is 1.56. The van der Waals surface area contributed by atoms with Crippen LogP contribution in [0, 0.1) is 6.92 Å². The summed E-state index contributed by atoms with van der Waals surface area (Å²) >= 11 is 0. The summed E-state index contributed by atoms with van der Waals surface area (Å²) in [6, 6.07) is 0. The van der Waals surface area contributed by atoms with E-state index in [1.165, 1.54) is 6.92 Å². The maximum Gasteiger partial charge on any atom is 0.151 e. The Morgan fingerprint density at radius 3 is 2.00 bits per heavy atom. The van der Waals surface area contributed by atoms with Crippen LogP contribution >= 0.6 is 0 Å². The van der Waals surface area contributed by atoms with E-state index in [0.717, 1.165) is 0 Å². The Hall–Kier alpha value is -0.0800. The molecule has 1 atom stereocenters. The summed E-state index contributed by atoms with van der Waals surface area (Å²) in [4.78, 5) is 0. The Labute approximate surface area is 38.2 Å². The smallest absolute Gasteiger partial charge is 0.151 e. The molecule has 2 nitrogen and oxygen atoms in total. The minimum atomic E-state index is -1.21. The van der Waals surface area contributed by atoms with Crippen molar-refractivity contribution in [1.82, 2.24) is 5.32 Å². The van der Waals surface area contributed by atoms with E-state index in [0.29, 0.717) is 0 Å². The standard InChI is InChI=1S/C4H9NO/c1-4(2,6)5-3/h5H,1H2,2-3H3. The van der Waals surface area contributed by atoms with Crippen LogP contribution in [-0.4, -0.2) is 12.8 Å². The lowest BCUT2D eigenvalue weighted by Gasteiger charge is -2.09. The van der Waals surface area contributed by atoms with Crippen molar-refractivity contribution in [3.8, 4) is 0 Å². The molecule has 0 spiro atoms. The highest BCUT2D eigenvalue weighted by Gasteiger charge is 2.08. The fourth-order valence-corrected chi connectivity index (χ4v) is 0. The van der Waals surface area contributed by atoms with Gasteiger partial charge in [0.05, 0.1) is 0 Å². The van der Waals surface area contributed by atoms with Gasteiger partial charge in [-0.25, -0.2) is 5.11 Å². The Morgan fingerprint density at radius 1 is 1.83 bits per heavy atom. The molecule has 2 heteroatoms. The zero-order valence-electron chi connectivity index (χ0n) is 4.12. The van der Waals surface area contributed by atoms with Crippen molar-refractivity contribution >= 4 is 0 Å². The normalized spacial score (nSPS) is 12.0. The number of hydrogen-bond acceptors (Lipinski definition) is 1. The van der Waals surface area contributed by atoms with Crippen molar-refractivity contribution in [1.29, 1.82) is 0 Å². The zero-order valence-corrected chi connectivity index (χ0v) is 4.12. The summed E-state index contributed by atoms with van der Waals surface area (Å²) < 4.78 is 0. The monoisotopic (exact) mass is 87.1 g/mol. The van der Waals surface area contributed by atoms with Gasteiger partial charge in [-0.15, -0.1) is 0 Å². The van der Waals surface area contributed by atoms with Crippen LogP contribution in [0.1, 0.15) is 6.92 Å². The summed E-state index contributed by atoms with van der Waals surface area (Å²) in [5, 5.41) is 12.7. The second kappa shape index (κ2) is 1.58. The fraction of sp³-hybridized carbons (Fsp3) is 0.750. The van der Waals surface area contributed by atoms with Crippen LogP contribution in [0.25, 0.3) is 0 Å². The molecule has 0 aliphatic carbocycles. The fourth-order valence-electron chi connectivity index (χ4n) is 0. The van der Waals surface area contributed by atoms with E-state index in [2.05, 4.69) is 12.2 Å². The van der Waals surface area contributed by atoms with Crippen LogP contribution in [-0.2, 0) is 5.11 Å². The predicted octanol–water partition coefficient (Wildman–Crippen LogP) is 0.187. The highest BCUT2D eigenvalue weighted by molar-refractivity contribution is 4.66. The molecule has 0 amide bonds. The molecule has 0 bridgehead atoms. The third kappa shape index (κ3) is 3.92. The van der Waals surface area contributed by atoms with Crippen molar-refractivity contribution in [2.75, 3.05) is 7.05 Å². The quantitative estimate of drug-likeness (QED) is 0.455. The molecule has 0 aliphatic rings. The van der Waals surface area contributed by atoms with Crippen molar-refractivity contribution in [2.24, 2.45) is 0 Å². The summed E-state index contributed by atoms with van der Waals surface area (Å²) in [5.74, 6) is 0. The third-order valence-corrected chi connectivity index (χ3v) is 0.529. The molecule has 0 rings (SSSR count). The van der Waals surface area contributed by atoms with E-state index in [1.807, 2.05) is 0 Å². The van der Waals surface area contributed by atoms with Crippen molar-refractivity contribution in [3.05, 3.63) is 6.92 Å². The molecule has 0 aromatic heterocycles. The SMILES string of the molecule is [CH2]C(C)([O])NC. The van der Waals surface area contributed by atoms with Gasteiger partial charge in [0.1, 0.15) is 0 Å². The second-order valence-electron chi connectivity index (χ2n) is 1.48. The van der Waals surface area contributed by atoms with Crippen molar-refractivity contribution in [2.45, 2.75) is 12.6 Å². The minimum absolute atomic E-state index is 1.21. The molecule has 2 radical (unpaired) electrons. The van der Waals surface area contributed by atoms with Crippen molar-refractivity contribution in [3.63, 3.8) is 0 Å². The van der Waals surface area contributed by atoms with Gasteiger partial charge in [-0.2, -0.15) is 0 Å². The lowest BCUT2D eigenvalue weighted by atomic mass is 10.3. The highest BCUT2D eigenvalue weighted by atomic mass is 16.3. The lowest BCUT2D eigenvalue weighted by molar-refractivity contribution is 0.00486. The Morgan fingerprint density at radius 2 is 2.00 bits per heavy atom. The van der Waals surface area contributed by atoms with Gasteiger partial charge in [-0.05, 0) is 20.9 Å². The summed E-state index contributed by atoms with van der Waals surface area (Å²) in [5.41, 5.74) is -1.21. The third-order valence-electron chi connectivity index (χ3n) is 0.529. The van der Waals surface area contributed by atoms with E-state index < -0.39 is 5.72 Å². The first-order valence-electron chi connectivity index (χ1n) is 1.81. The minimum Gasteiger partial charge on any atom is -0.290 e. The molecule has 0 fully saturated rings. The molecule has 0 saturated carbocycles. The molecule has 1 N–H and O–H groups in total. The van der Waals surface area contributed by atoms with Crippen LogP contribution in [0.5, 0.6) is 0 Å². The van der Waals surface area contributed by atoms with E-state index in [4.69, 9.17) is 0 Å². The molecular formula is C4H9NO. The second-order valence-corrected chi connectivity index (χ2v) is 1.48. The molecule has 6 heavy (non-hydrogen) atoms. The molecule has 36 valence electrons. The van der Waals surface area contributed by atoms with Gasteiger partial charge in [0, 0.05) is 0 Å². The number of rotatable bonds is 1. The summed E-state index contributed by atoms with van der Waals surface area (Å²) in [7, 11) is 1.58. The first-order chi connectivity index (χ1) is 2.56. The van der Waals surface area contributed by atoms with Crippen molar-refractivity contribution < 1.29 is 5.11 Å². The van der Waals surface area contributed by atoms with Gasteiger partial charge in [0.15, 0.2) is 5.72 Å². The van der Waals surface area contributed by atoms with Crippen LogP contribution in [0.3, 0.4) is 0 Å². The average Bonchev–Trinajstić information content (AvgIpc) is 1.35. The molecule has 1 unspecified atom stereocenters. The van der Waals surface area contributed by atoms with Gasteiger partial charge in [0.2, 0.25) is 0 Å². The maximum absolute atomic E-state index is 10.2. The van der Waals surface area contributed by atoms with Gasteiger partial charge in [0.25, 0.3) is 0 Å². The molecule has 0 saturated heterocycles. The van der Waals surface area contributed by atoms with E-state index in [1.54, 1.807) is 7.05 Å². The Bertz CT molecular complexity index is 37.3. The first-order valence-corrected chi connectivity index (χ1v) is 1.81. The summed E-state index contributed by atoms with van der Waals surface area (Å²) in [6.07, 6.45) is 0. The highest BCUT2D eigenvalue weighted by Crippen LogP contribution is 1.89. The van der Waals surface area contributed by atoms with Gasteiger partial charge < -0.3 is 0 Å². The number of hydrogen-bond donors (Lipinski definition) is 1. The van der Waals surface area contributed by atoms with Crippen LogP contribution in [0.4, 0.5) is 0 Å². The average molecular weight is 87.1 g/mol. The van der Waals surface area contributed by atoms with Crippen LogP contribution < -0.4 is 5.32 Å². The predicted molar refractivity (Wildman–Crippen MR) is 23.5 cm³/mol. The van der Waals surface area contributed by atoms with E-state index >= 15 is 0 Å². The van der Waals surface area contributed by atoms with Gasteiger partial charge in [-0.1, -0.05) is 0 Å². The molecule has 0 aliphatic heterocycles. The molecule has 0 aromatic rings. The van der Waals surface area contributed by atoms with Crippen LogP contribution in [0.15, 0.2) is 0 Å². The number of nitrogens with one attached hydrogen (secondary N) is 1. The summed E-state index contributed by atoms with van der Waals surface area (Å²) in [6.45, 7) is 4.69. The lowest BCUT2D eigenvalue weighted by Crippen LogP contribution is -2.34.